The molecule has 0 bridgehead atoms. The van der Waals surface area contributed by atoms with E-state index in [0.717, 1.165) is 83.3 Å². The van der Waals surface area contributed by atoms with Gasteiger partial charge >= 0.3 is 0 Å². The first-order chi connectivity index (χ1) is 32.2. The minimum atomic E-state index is 0.835. The standard InChI is InChI=1S/C60H36N2O2S/c1-6-19-51-43(14-1)44-15-2-7-20-52(44)62(51)40-27-24-37(25-28-40)59-53(32-31-49-46-17-4-9-22-55(46)64-60(49)59)61(42-29-30-47-45-16-3-8-21-54(45)63-56(47)36-42)41-13-11-12-38(34-41)39-26-33-58-50(35-39)48-18-5-10-23-57(48)65-58/h1-36H. The van der Waals surface area contributed by atoms with E-state index in [4.69, 9.17) is 8.83 Å². The maximum Gasteiger partial charge on any atom is 0.145 e. The third kappa shape index (κ3) is 5.56. The molecule has 0 amide bonds. The summed E-state index contributed by atoms with van der Waals surface area (Å²) in [6, 6.07) is 78.5. The summed E-state index contributed by atoms with van der Waals surface area (Å²) in [5, 5.41) is 9.40. The van der Waals surface area contributed by atoms with Crippen molar-refractivity contribution in [3.63, 3.8) is 0 Å². The Morgan fingerprint density at radius 3 is 1.72 bits per heavy atom. The molecule has 0 saturated carbocycles. The van der Waals surface area contributed by atoms with Crippen LogP contribution in [0.1, 0.15) is 0 Å². The van der Waals surface area contributed by atoms with Gasteiger partial charge in [0.1, 0.15) is 22.3 Å². The third-order valence-corrected chi connectivity index (χ3v) is 14.3. The van der Waals surface area contributed by atoms with Crippen molar-refractivity contribution >= 4 is 114 Å². The minimum absolute atomic E-state index is 0.835. The first kappa shape index (κ1) is 36.1. The second-order valence-electron chi connectivity index (χ2n) is 16.8. The summed E-state index contributed by atoms with van der Waals surface area (Å²) in [7, 11) is 0. The first-order valence-electron chi connectivity index (χ1n) is 22.0. The molecule has 304 valence electrons. The largest absolute Gasteiger partial charge is 0.456 e. The average molecular weight is 849 g/mol. The van der Waals surface area contributed by atoms with Crippen LogP contribution in [0.15, 0.2) is 227 Å². The van der Waals surface area contributed by atoms with Crippen molar-refractivity contribution in [2.45, 2.75) is 0 Å². The van der Waals surface area contributed by atoms with Crippen LogP contribution in [-0.2, 0) is 0 Å². The van der Waals surface area contributed by atoms with Gasteiger partial charge in [-0.15, -0.1) is 11.3 Å². The van der Waals surface area contributed by atoms with E-state index in [1.807, 2.05) is 29.5 Å². The molecule has 0 radical (unpaired) electrons. The molecule has 0 unspecified atom stereocenters. The summed E-state index contributed by atoms with van der Waals surface area (Å²) in [6.45, 7) is 0. The Bertz CT molecular complexity index is 4150. The Kier molecular flexibility index (Phi) is 7.82. The van der Waals surface area contributed by atoms with Gasteiger partial charge in [-0.25, -0.2) is 0 Å². The Balaban J connectivity index is 1.00. The predicted octanol–water partition coefficient (Wildman–Crippen LogP) is 17.8. The van der Waals surface area contributed by atoms with Crippen LogP contribution in [0.25, 0.3) is 114 Å². The second-order valence-corrected chi connectivity index (χ2v) is 17.9. The van der Waals surface area contributed by atoms with Crippen molar-refractivity contribution in [1.29, 1.82) is 0 Å². The van der Waals surface area contributed by atoms with E-state index < -0.39 is 0 Å². The Labute approximate surface area is 377 Å². The number of anilines is 3. The lowest BCUT2D eigenvalue weighted by atomic mass is 9.97. The maximum atomic E-state index is 6.94. The summed E-state index contributed by atoms with van der Waals surface area (Å²) in [6.07, 6.45) is 0. The number of furan rings is 2. The number of aromatic nitrogens is 1. The van der Waals surface area contributed by atoms with Gasteiger partial charge in [0.25, 0.3) is 0 Å². The molecule has 4 nitrogen and oxygen atoms in total. The number of thiophene rings is 1. The summed E-state index contributed by atoms with van der Waals surface area (Å²) in [5.74, 6) is 0. The minimum Gasteiger partial charge on any atom is -0.456 e. The van der Waals surface area contributed by atoms with Crippen LogP contribution < -0.4 is 4.90 Å². The molecular weight excluding hydrogens is 813 g/mol. The Hall–Kier alpha value is -8.38. The number of hydrogen-bond acceptors (Lipinski definition) is 4. The predicted molar refractivity (Wildman–Crippen MR) is 274 cm³/mol. The smallest absolute Gasteiger partial charge is 0.145 e. The van der Waals surface area contributed by atoms with Crippen molar-refractivity contribution < 1.29 is 8.83 Å². The Morgan fingerprint density at radius 1 is 0.354 bits per heavy atom. The molecule has 65 heavy (non-hydrogen) atoms. The summed E-state index contributed by atoms with van der Waals surface area (Å²) < 4.78 is 18.5. The lowest BCUT2D eigenvalue weighted by Crippen LogP contribution is -2.11. The number of benzene rings is 10. The first-order valence-corrected chi connectivity index (χ1v) is 22.8. The molecule has 10 aromatic carbocycles. The molecule has 4 aromatic heterocycles. The summed E-state index contributed by atoms with van der Waals surface area (Å²) >= 11 is 1.85. The molecule has 0 atom stereocenters. The van der Waals surface area contributed by atoms with Gasteiger partial charge in [-0.3, -0.25) is 0 Å². The molecule has 5 heteroatoms. The molecule has 0 spiro atoms. The SMILES string of the molecule is c1cc(-c2ccc3sc4ccccc4c3c2)cc(N(c2ccc3c(c2)oc2ccccc23)c2ccc3c(oc4ccccc43)c2-c2ccc(-n3c4ccccc4c4ccccc43)cc2)c1. The second kappa shape index (κ2) is 14.1. The Morgan fingerprint density at radius 2 is 0.938 bits per heavy atom. The zero-order valence-electron chi connectivity index (χ0n) is 34.9. The lowest BCUT2D eigenvalue weighted by molar-refractivity contribution is 0.669. The van der Waals surface area contributed by atoms with Crippen LogP contribution in [0.4, 0.5) is 17.1 Å². The molecule has 0 saturated heterocycles. The van der Waals surface area contributed by atoms with E-state index in [1.54, 1.807) is 0 Å². The molecule has 4 heterocycles. The molecule has 14 rings (SSSR count). The highest BCUT2D eigenvalue weighted by Gasteiger charge is 2.24. The third-order valence-electron chi connectivity index (χ3n) is 13.2. The van der Waals surface area contributed by atoms with E-state index in [-0.39, 0.29) is 0 Å². The molecule has 0 N–H and O–H groups in total. The van der Waals surface area contributed by atoms with Gasteiger partial charge in [0, 0.05) is 81.2 Å². The monoisotopic (exact) mass is 848 g/mol. The van der Waals surface area contributed by atoms with Crippen molar-refractivity contribution in [3.05, 3.63) is 218 Å². The van der Waals surface area contributed by atoms with Gasteiger partial charge < -0.3 is 18.3 Å². The highest BCUT2D eigenvalue weighted by molar-refractivity contribution is 7.25. The van der Waals surface area contributed by atoms with Crippen LogP contribution in [0, 0.1) is 0 Å². The van der Waals surface area contributed by atoms with Crippen LogP contribution in [0.2, 0.25) is 0 Å². The van der Waals surface area contributed by atoms with Crippen molar-refractivity contribution in [2.24, 2.45) is 0 Å². The van der Waals surface area contributed by atoms with Crippen LogP contribution in [0.5, 0.6) is 0 Å². The molecular formula is C60H36N2O2S. The van der Waals surface area contributed by atoms with Crippen LogP contribution >= 0.6 is 11.3 Å². The zero-order chi connectivity index (χ0) is 42.6. The number of para-hydroxylation sites is 4. The van der Waals surface area contributed by atoms with Gasteiger partial charge in [-0.1, -0.05) is 121 Å². The van der Waals surface area contributed by atoms with Crippen molar-refractivity contribution in [3.8, 4) is 27.9 Å². The summed E-state index contributed by atoms with van der Waals surface area (Å²) in [4.78, 5) is 2.37. The molecule has 0 aliphatic carbocycles. The van der Waals surface area contributed by atoms with E-state index in [2.05, 4.69) is 210 Å². The molecule has 0 fully saturated rings. The van der Waals surface area contributed by atoms with Gasteiger partial charge in [0.2, 0.25) is 0 Å². The van der Waals surface area contributed by atoms with Crippen LogP contribution in [-0.4, -0.2) is 4.57 Å². The maximum absolute atomic E-state index is 6.94. The number of rotatable bonds is 6. The van der Waals surface area contributed by atoms with Crippen LogP contribution in [0.3, 0.4) is 0 Å². The van der Waals surface area contributed by atoms with Crippen molar-refractivity contribution in [2.75, 3.05) is 4.90 Å². The average Bonchev–Trinajstić information content (AvgIpc) is 4.13. The topological polar surface area (TPSA) is 34.5 Å². The van der Waals surface area contributed by atoms with E-state index >= 15 is 0 Å². The van der Waals surface area contributed by atoms with Gasteiger partial charge in [-0.05, 0) is 108 Å². The number of hydrogen-bond donors (Lipinski definition) is 0. The highest BCUT2D eigenvalue weighted by atomic mass is 32.1. The van der Waals surface area contributed by atoms with Gasteiger partial charge in [0.15, 0.2) is 0 Å². The quantitative estimate of drug-likeness (QED) is 0.167. The fraction of sp³-hybridized carbons (Fsp3) is 0. The molecule has 0 aliphatic rings. The number of nitrogens with zero attached hydrogens (tertiary/aromatic N) is 2. The molecule has 0 aliphatic heterocycles. The number of fused-ring (bicyclic) bond motifs is 12. The fourth-order valence-corrected chi connectivity index (χ4v) is 11.3. The van der Waals surface area contributed by atoms with Gasteiger partial charge in [0.05, 0.1) is 16.7 Å². The van der Waals surface area contributed by atoms with E-state index in [9.17, 15) is 0 Å². The van der Waals surface area contributed by atoms with E-state index in [0.29, 0.717) is 0 Å². The van der Waals surface area contributed by atoms with Gasteiger partial charge in [-0.2, -0.15) is 0 Å². The lowest BCUT2D eigenvalue weighted by Gasteiger charge is -2.28. The highest BCUT2D eigenvalue weighted by Crippen LogP contribution is 2.48. The summed E-state index contributed by atoms with van der Waals surface area (Å²) in [5.41, 5.74) is 14.2. The normalized spacial score (nSPS) is 12.0. The zero-order valence-corrected chi connectivity index (χ0v) is 35.7. The fourth-order valence-electron chi connectivity index (χ4n) is 10.2. The van der Waals surface area contributed by atoms with Crippen molar-refractivity contribution in [1.82, 2.24) is 4.57 Å². The van der Waals surface area contributed by atoms with E-state index in [1.165, 1.54) is 47.5 Å². The molecule has 14 aromatic rings.